The third-order valence-electron chi connectivity index (χ3n) is 5.79. The molecule has 3 unspecified atom stereocenters. The van der Waals surface area contributed by atoms with Gasteiger partial charge in [-0.2, -0.15) is 5.10 Å². The maximum Gasteiger partial charge on any atom is 0.220 e. The fourth-order valence-electron chi connectivity index (χ4n) is 3.78. The van der Waals surface area contributed by atoms with E-state index in [2.05, 4.69) is 26.9 Å². The van der Waals surface area contributed by atoms with Gasteiger partial charge in [-0.25, -0.2) is 0 Å². The fraction of sp³-hybridized carbons (Fsp3) is 0.840. The number of carbonyl (C=O) groups excluding carboxylic acids is 3. The lowest BCUT2D eigenvalue weighted by Gasteiger charge is -2.13. The highest BCUT2D eigenvalue weighted by Crippen LogP contribution is 2.40. The average molecular weight is 611 g/mol. The van der Waals surface area contributed by atoms with Crippen LogP contribution in [0.15, 0.2) is 5.10 Å². The molecule has 2 aliphatic heterocycles. The van der Waals surface area contributed by atoms with Crippen molar-refractivity contribution in [2.75, 3.05) is 32.1 Å². The van der Waals surface area contributed by atoms with Crippen molar-refractivity contribution in [1.29, 1.82) is 0 Å². The molecule has 2 rings (SSSR count). The second kappa shape index (κ2) is 27.8. The summed E-state index contributed by atoms with van der Waals surface area (Å²) in [6.45, 7) is 0.644. The Morgan fingerprint density at radius 3 is 1.95 bits per heavy atom. The molecule has 0 radical (unpaired) electrons. The molecule has 3 atom stereocenters. The predicted molar refractivity (Wildman–Crippen MR) is 171 cm³/mol. The van der Waals surface area contributed by atoms with E-state index in [0.29, 0.717) is 25.8 Å². The Kier molecular flexibility index (Phi) is 27.2. The molecule has 9 nitrogen and oxygen atoms in total. The van der Waals surface area contributed by atoms with Crippen LogP contribution in [-0.4, -0.2) is 73.1 Å². The summed E-state index contributed by atoms with van der Waals surface area (Å²) >= 11 is 0. The molecule has 0 aromatic heterocycles. The Balaban J connectivity index is 0.00000175. The van der Waals surface area contributed by atoms with Crippen molar-refractivity contribution in [3.63, 3.8) is 0 Å². The van der Waals surface area contributed by atoms with E-state index in [1.54, 1.807) is 7.05 Å². The Bertz CT molecular complexity index is 622. The topological polar surface area (TPSA) is 152 Å². The zero-order valence-electron chi connectivity index (χ0n) is 23.2. The highest BCUT2D eigenvalue weighted by Gasteiger charge is 2.17. The van der Waals surface area contributed by atoms with Gasteiger partial charge in [0.25, 0.3) is 0 Å². The van der Waals surface area contributed by atoms with Gasteiger partial charge in [0.05, 0.1) is 6.04 Å². The summed E-state index contributed by atoms with van der Waals surface area (Å²) in [7, 11) is 11.1. The van der Waals surface area contributed by atoms with E-state index in [1.165, 1.54) is 50.6 Å². The number of aldehydes is 1. The first-order valence-corrected chi connectivity index (χ1v) is 18.4. The van der Waals surface area contributed by atoms with E-state index in [4.69, 9.17) is 5.73 Å². The quantitative estimate of drug-likeness (QED) is 0.0384. The lowest BCUT2D eigenvalue weighted by Crippen LogP contribution is -2.36. The Labute approximate surface area is 245 Å². The van der Waals surface area contributed by atoms with Gasteiger partial charge < -0.3 is 32.3 Å². The largest absolute Gasteiger partial charge is 0.388 e. The lowest BCUT2D eigenvalue weighted by atomic mass is 10.1. The van der Waals surface area contributed by atoms with Crippen LogP contribution in [0.1, 0.15) is 83.5 Å². The molecule has 0 bridgehead atoms. The molecule has 2 amide bonds. The number of hydrogen-bond donors (Lipinski definition) is 5. The fourth-order valence-corrected chi connectivity index (χ4v) is 9.83. The average Bonchev–Trinajstić information content (AvgIpc) is 3.65. The highest BCUT2D eigenvalue weighted by atomic mass is 33.1. The van der Waals surface area contributed by atoms with Gasteiger partial charge in [-0.3, -0.25) is 9.59 Å². The molecule has 2 fully saturated rings. The van der Waals surface area contributed by atoms with Gasteiger partial charge in [0.2, 0.25) is 11.8 Å². The summed E-state index contributed by atoms with van der Waals surface area (Å²) in [6.07, 6.45) is 14.5. The van der Waals surface area contributed by atoms with Crippen LogP contribution in [0.2, 0.25) is 0 Å². The smallest absolute Gasteiger partial charge is 0.220 e. The molecule has 7 N–H and O–H groups in total. The van der Waals surface area contributed by atoms with E-state index in [0.717, 1.165) is 55.3 Å². The van der Waals surface area contributed by atoms with Crippen LogP contribution < -0.4 is 27.5 Å². The first-order chi connectivity index (χ1) is 18.6. The van der Waals surface area contributed by atoms with Gasteiger partial charge >= 0.3 is 0 Å². The molecular formula is C25H50N6O3S4. The Hall–Kier alpha value is -0.760. The van der Waals surface area contributed by atoms with Crippen LogP contribution in [0.5, 0.6) is 0 Å². The molecule has 0 saturated carbocycles. The summed E-state index contributed by atoms with van der Waals surface area (Å²) in [5.41, 5.74) is 11.7. The van der Waals surface area contributed by atoms with Gasteiger partial charge in [0.1, 0.15) is 12.6 Å². The predicted octanol–water partition coefficient (Wildman–Crippen LogP) is 4.07. The molecular weight excluding hydrogens is 561 g/mol. The van der Waals surface area contributed by atoms with Gasteiger partial charge in [-0.05, 0) is 64.8 Å². The number of hydrogen-bond acceptors (Lipinski definition) is 10. The van der Waals surface area contributed by atoms with E-state index in [1.807, 2.05) is 43.2 Å². The second-order valence-corrected chi connectivity index (χ2v) is 14.4. The third kappa shape index (κ3) is 22.1. The Morgan fingerprint density at radius 2 is 1.50 bits per heavy atom. The normalized spacial score (nSPS) is 19.0. The SMILES string of the molecule is CN.CN/N=C\N.O=CC(CCCCNC(=O)CCCCC1CCSS1)NC(=O)CCCCC1CCSS1. The Morgan fingerprint density at radius 1 is 0.921 bits per heavy atom. The zero-order valence-corrected chi connectivity index (χ0v) is 26.4. The van der Waals surface area contributed by atoms with Crippen LogP contribution in [0, 0.1) is 0 Å². The standard InChI is InChI=1S/C22H38N2O3S4.C2H7N3.CH5N/c25-17-18(24-22(27)11-4-2-9-20-13-16-29-31-20)7-5-6-14-23-21(26)10-3-1-8-19-12-15-28-30-19;1-4-5-2-3;1-2/h17-20H,1-16H2,(H,23,26)(H,24,27);2,4H,1H3,(H2,3,5);2H2,1H3. The number of nitrogens with two attached hydrogens (primary N) is 2. The summed E-state index contributed by atoms with van der Waals surface area (Å²) in [5.74, 6) is 2.63. The maximum absolute atomic E-state index is 12.1. The molecule has 0 spiro atoms. The molecule has 0 aromatic rings. The van der Waals surface area contributed by atoms with E-state index < -0.39 is 6.04 Å². The van der Waals surface area contributed by atoms with Crippen molar-refractivity contribution in [1.82, 2.24) is 16.1 Å². The number of rotatable bonds is 18. The van der Waals surface area contributed by atoms with Crippen LogP contribution in [0.4, 0.5) is 0 Å². The van der Waals surface area contributed by atoms with E-state index >= 15 is 0 Å². The first-order valence-electron chi connectivity index (χ1n) is 13.6. The van der Waals surface area contributed by atoms with E-state index in [-0.39, 0.29) is 11.8 Å². The molecule has 2 saturated heterocycles. The van der Waals surface area contributed by atoms with Crippen molar-refractivity contribution >= 4 is 67.6 Å². The zero-order chi connectivity index (χ0) is 28.3. The lowest BCUT2D eigenvalue weighted by molar-refractivity contribution is -0.124. The van der Waals surface area contributed by atoms with Crippen molar-refractivity contribution in [2.24, 2.45) is 16.6 Å². The highest BCUT2D eigenvalue weighted by molar-refractivity contribution is 8.77. The van der Waals surface area contributed by atoms with Gasteiger partial charge in [0.15, 0.2) is 0 Å². The van der Waals surface area contributed by atoms with Gasteiger partial charge in [-0.1, -0.05) is 56.0 Å². The second-order valence-electron chi connectivity index (χ2n) is 8.81. The van der Waals surface area contributed by atoms with Crippen LogP contribution in [0.25, 0.3) is 0 Å². The number of nitrogens with one attached hydrogen (secondary N) is 3. The molecule has 2 aliphatic rings. The molecule has 2 heterocycles. The number of amides is 2. The minimum absolute atomic E-state index is 0.0200. The van der Waals surface area contributed by atoms with Crippen molar-refractivity contribution in [3.05, 3.63) is 0 Å². The van der Waals surface area contributed by atoms with Gasteiger partial charge in [0, 0.05) is 48.4 Å². The summed E-state index contributed by atoms with van der Waals surface area (Å²) in [6, 6.07) is -0.406. The van der Waals surface area contributed by atoms with Crippen molar-refractivity contribution in [3.8, 4) is 0 Å². The summed E-state index contributed by atoms with van der Waals surface area (Å²) in [5, 5.41) is 10.7. The minimum atomic E-state index is -0.406. The number of unbranched alkanes of at least 4 members (excludes halogenated alkanes) is 3. The molecule has 13 heteroatoms. The minimum Gasteiger partial charge on any atom is -0.388 e. The van der Waals surface area contributed by atoms with Gasteiger partial charge in [-0.15, -0.1) is 0 Å². The summed E-state index contributed by atoms with van der Waals surface area (Å²) < 4.78 is 0. The number of hydrazone groups is 1. The van der Waals surface area contributed by atoms with Crippen LogP contribution >= 0.6 is 43.2 Å². The molecule has 38 heavy (non-hydrogen) atoms. The summed E-state index contributed by atoms with van der Waals surface area (Å²) in [4.78, 5) is 35.2. The van der Waals surface area contributed by atoms with Crippen molar-refractivity contribution in [2.45, 2.75) is 100 Å². The monoisotopic (exact) mass is 610 g/mol. The number of nitrogens with zero attached hydrogens (tertiary/aromatic N) is 1. The molecule has 0 aliphatic carbocycles. The molecule has 222 valence electrons. The third-order valence-corrected chi connectivity index (χ3v) is 11.8. The number of carbonyl (C=O) groups is 3. The first kappa shape index (κ1) is 37.2. The molecule has 0 aromatic carbocycles. The maximum atomic E-state index is 12.1. The van der Waals surface area contributed by atoms with Crippen LogP contribution in [-0.2, 0) is 14.4 Å². The van der Waals surface area contributed by atoms with Crippen LogP contribution in [0.3, 0.4) is 0 Å². The van der Waals surface area contributed by atoms with Crippen molar-refractivity contribution < 1.29 is 14.4 Å². The van der Waals surface area contributed by atoms with E-state index in [9.17, 15) is 14.4 Å².